The Kier molecular flexibility index (Phi) is 10.8. The summed E-state index contributed by atoms with van der Waals surface area (Å²) in [6.45, 7) is 13.3. The van der Waals surface area contributed by atoms with Crippen LogP contribution in [-0.2, 0) is 16.3 Å². The molecule has 0 fully saturated rings. The molecule has 0 saturated carbocycles. The van der Waals surface area contributed by atoms with Gasteiger partial charge >= 0.3 is 0 Å². The number of rotatable bonds is 15. The first kappa shape index (κ1) is 32.7. The third-order valence-electron chi connectivity index (χ3n) is 7.19. The van der Waals surface area contributed by atoms with Crippen molar-refractivity contribution in [3.05, 3.63) is 67.4 Å². The number of carbonyl (C=O) groups is 1. The lowest BCUT2D eigenvalue weighted by molar-refractivity contribution is -0.111. The number of nitrogens with one attached hydrogen (secondary N) is 2. The van der Waals surface area contributed by atoms with Gasteiger partial charge < -0.3 is 34.5 Å². The number of carbonyl (C=O) groups excluding carboxylic acids is 1. The minimum Gasteiger partial charge on any atom is -0.494 e. The van der Waals surface area contributed by atoms with Gasteiger partial charge in [0.25, 0.3) is 0 Å². The standard InChI is InChI=1S/C33H45N7O3Si/c1-9-30(41)34-26-21-27(29(42-5)22-28(26)39(4)18-17-38(2)3)35-33-36-31(24-13-11-10-12-14-24)25-15-16-40(32(25)37-33)23-43-19-20-44(6,7)8/h9-16,21-22H,1,17-20,23H2,2-8H3,(H,34,41)(H,35,36,37). The van der Waals surface area contributed by atoms with Crippen molar-refractivity contribution in [2.45, 2.75) is 32.4 Å². The molecule has 0 aliphatic heterocycles. The van der Waals surface area contributed by atoms with E-state index in [1.54, 1.807) is 7.11 Å². The molecule has 2 aromatic carbocycles. The average Bonchev–Trinajstić information content (AvgIpc) is 3.40. The summed E-state index contributed by atoms with van der Waals surface area (Å²) in [6, 6.07) is 16.9. The fraction of sp³-hybridized carbons (Fsp3) is 0.364. The number of ether oxygens (including phenoxy) is 2. The van der Waals surface area contributed by atoms with E-state index in [0.717, 1.165) is 47.1 Å². The highest BCUT2D eigenvalue weighted by Crippen LogP contribution is 2.38. The van der Waals surface area contributed by atoms with Crippen molar-refractivity contribution >= 4 is 48.0 Å². The molecule has 11 heteroatoms. The molecule has 10 nitrogen and oxygen atoms in total. The zero-order valence-electron chi connectivity index (χ0n) is 27.0. The summed E-state index contributed by atoms with van der Waals surface area (Å²) in [4.78, 5) is 26.5. The number of fused-ring (bicyclic) bond motifs is 1. The van der Waals surface area contributed by atoms with E-state index in [9.17, 15) is 4.79 Å². The summed E-state index contributed by atoms with van der Waals surface area (Å²) in [7, 11) is 6.45. The van der Waals surface area contributed by atoms with Crippen LogP contribution in [-0.4, -0.2) is 81.4 Å². The number of hydrogen-bond donors (Lipinski definition) is 2. The number of anilines is 4. The van der Waals surface area contributed by atoms with E-state index in [1.165, 1.54) is 6.08 Å². The second-order valence-corrected chi connectivity index (χ2v) is 17.9. The largest absolute Gasteiger partial charge is 0.494 e. The summed E-state index contributed by atoms with van der Waals surface area (Å²) >= 11 is 0. The van der Waals surface area contributed by atoms with Crippen LogP contribution in [0, 0.1) is 0 Å². The van der Waals surface area contributed by atoms with Gasteiger partial charge in [-0.1, -0.05) is 56.6 Å². The highest BCUT2D eigenvalue weighted by Gasteiger charge is 2.19. The predicted molar refractivity (Wildman–Crippen MR) is 184 cm³/mol. The molecule has 0 unspecified atom stereocenters. The molecule has 2 aromatic heterocycles. The summed E-state index contributed by atoms with van der Waals surface area (Å²) in [5.74, 6) is 0.675. The Morgan fingerprint density at radius 3 is 2.45 bits per heavy atom. The average molecular weight is 616 g/mol. The number of amides is 1. The van der Waals surface area contributed by atoms with Crippen molar-refractivity contribution < 1.29 is 14.3 Å². The van der Waals surface area contributed by atoms with Crippen LogP contribution in [0.3, 0.4) is 0 Å². The van der Waals surface area contributed by atoms with Crippen molar-refractivity contribution in [2.75, 3.05) is 63.5 Å². The third-order valence-corrected chi connectivity index (χ3v) is 8.90. The molecule has 1 amide bonds. The molecule has 4 aromatic rings. The van der Waals surface area contributed by atoms with Gasteiger partial charge in [-0.3, -0.25) is 4.79 Å². The molecule has 44 heavy (non-hydrogen) atoms. The highest BCUT2D eigenvalue weighted by atomic mass is 28.3. The van der Waals surface area contributed by atoms with Crippen LogP contribution in [0.5, 0.6) is 5.75 Å². The van der Waals surface area contributed by atoms with Crippen molar-refractivity contribution in [3.63, 3.8) is 0 Å². The molecule has 2 heterocycles. The van der Waals surface area contributed by atoms with Crippen LogP contribution in [0.15, 0.2) is 67.4 Å². The zero-order chi connectivity index (χ0) is 31.9. The van der Waals surface area contributed by atoms with E-state index in [0.29, 0.717) is 36.4 Å². The summed E-state index contributed by atoms with van der Waals surface area (Å²) < 4.78 is 13.9. The molecular formula is C33H45N7O3Si. The first-order chi connectivity index (χ1) is 21.0. The molecule has 0 bridgehead atoms. The van der Waals surface area contributed by atoms with E-state index in [-0.39, 0.29) is 5.91 Å². The Balaban J connectivity index is 1.76. The number of nitrogens with zero attached hydrogens (tertiary/aromatic N) is 5. The molecule has 0 radical (unpaired) electrons. The molecule has 0 aliphatic rings. The molecule has 0 atom stereocenters. The van der Waals surface area contributed by atoms with Gasteiger partial charge in [0.15, 0.2) is 0 Å². The van der Waals surface area contributed by atoms with Crippen molar-refractivity contribution in [1.29, 1.82) is 0 Å². The molecule has 0 spiro atoms. The predicted octanol–water partition coefficient (Wildman–Crippen LogP) is 6.29. The molecule has 234 valence electrons. The van der Waals surface area contributed by atoms with Crippen molar-refractivity contribution in [3.8, 4) is 17.0 Å². The summed E-state index contributed by atoms with van der Waals surface area (Å²) in [5.41, 5.74) is 4.58. The van der Waals surface area contributed by atoms with E-state index < -0.39 is 8.07 Å². The molecule has 4 rings (SSSR count). The Morgan fingerprint density at radius 2 is 1.80 bits per heavy atom. The van der Waals surface area contributed by atoms with E-state index in [2.05, 4.69) is 46.7 Å². The highest BCUT2D eigenvalue weighted by molar-refractivity contribution is 6.76. The second-order valence-electron chi connectivity index (χ2n) is 12.2. The Bertz CT molecular complexity index is 1580. The van der Waals surface area contributed by atoms with Crippen LogP contribution < -0.4 is 20.3 Å². The van der Waals surface area contributed by atoms with Gasteiger partial charge in [0.1, 0.15) is 18.1 Å². The smallest absolute Gasteiger partial charge is 0.247 e. The minimum absolute atomic E-state index is 0.306. The molecule has 0 saturated heterocycles. The van der Waals surface area contributed by atoms with E-state index in [4.69, 9.17) is 19.4 Å². The van der Waals surface area contributed by atoms with Crippen molar-refractivity contribution in [2.24, 2.45) is 0 Å². The van der Waals surface area contributed by atoms with Crippen LogP contribution >= 0.6 is 0 Å². The van der Waals surface area contributed by atoms with Gasteiger partial charge in [-0.15, -0.1) is 0 Å². The number of hydrogen-bond acceptors (Lipinski definition) is 8. The van der Waals surface area contributed by atoms with Gasteiger partial charge in [0.05, 0.1) is 29.9 Å². The maximum atomic E-state index is 12.4. The van der Waals surface area contributed by atoms with Crippen LogP contribution in [0.25, 0.3) is 22.3 Å². The maximum absolute atomic E-state index is 12.4. The van der Waals surface area contributed by atoms with Gasteiger partial charge in [0.2, 0.25) is 11.9 Å². The second kappa shape index (κ2) is 14.5. The molecule has 2 N–H and O–H groups in total. The van der Waals surface area contributed by atoms with Gasteiger partial charge in [-0.2, -0.15) is 4.98 Å². The Labute approximate surface area is 261 Å². The van der Waals surface area contributed by atoms with Crippen LogP contribution in [0.4, 0.5) is 23.0 Å². The minimum atomic E-state index is -1.20. The number of aromatic nitrogens is 3. The quantitative estimate of drug-likeness (QED) is 0.0916. The summed E-state index contributed by atoms with van der Waals surface area (Å²) in [5, 5.41) is 7.26. The van der Waals surface area contributed by atoms with Gasteiger partial charge in [-0.05, 0) is 38.3 Å². The Morgan fingerprint density at radius 1 is 1.05 bits per heavy atom. The van der Waals surface area contributed by atoms with Crippen molar-refractivity contribution in [1.82, 2.24) is 19.4 Å². The topological polar surface area (TPSA) is 96.8 Å². The first-order valence-electron chi connectivity index (χ1n) is 14.8. The fourth-order valence-corrected chi connectivity index (χ4v) is 5.37. The van der Waals surface area contributed by atoms with Gasteiger partial charge in [0, 0.05) is 58.0 Å². The number of benzene rings is 2. The monoisotopic (exact) mass is 615 g/mol. The maximum Gasteiger partial charge on any atom is 0.247 e. The number of methoxy groups -OCH3 is 1. The normalized spacial score (nSPS) is 11.5. The number of likely N-dealkylation sites (N-methyl/N-ethyl adjacent to an activating group) is 2. The lowest BCUT2D eigenvalue weighted by Gasteiger charge is -2.26. The molecular weight excluding hydrogens is 570 g/mol. The first-order valence-corrected chi connectivity index (χ1v) is 18.5. The fourth-order valence-electron chi connectivity index (χ4n) is 4.61. The zero-order valence-corrected chi connectivity index (χ0v) is 28.0. The van der Waals surface area contributed by atoms with Crippen LogP contribution in [0.2, 0.25) is 25.7 Å². The van der Waals surface area contributed by atoms with Crippen LogP contribution in [0.1, 0.15) is 0 Å². The molecule has 0 aliphatic carbocycles. The Hall–Kier alpha value is -4.19. The van der Waals surface area contributed by atoms with Gasteiger partial charge in [-0.25, -0.2) is 4.98 Å². The summed E-state index contributed by atoms with van der Waals surface area (Å²) in [6.07, 6.45) is 3.25. The van der Waals surface area contributed by atoms with E-state index >= 15 is 0 Å². The third kappa shape index (κ3) is 8.46. The lowest BCUT2D eigenvalue weighted by Crippen LogP contribution is -2.29. The SMILES string of the molecule is C=CC(=O)Nc1cc(Nc2nc(-c3ccccc3)c3ccn(COCC[Si](C)(C)C)c3n2)c(OC)cc1N(C)CCN(C)C. The van der Waals surface area contributed by atoms with E-state index in [1.807, 2.05) is 80.4 Å². The lowest BCUT2D eigenvalue weighted by atomic mass is 10.1.